The van der Waals surface area contributed by atoms with E-state index in [-0.39, 0.29) is 0 Å². The molecule has 1 N–H and O–H groups in total. The highest BCUT2D eigenvalue weighted by Gasteiger charge is 2.09. The minimum absolute atomic E-state index is 0.892. The third-order valence-corrected chi connectivity index (χ3v) is 6.11. The van der Waals surface area contributed by atoms with Crippen molar-refractivity contribution in [1.29, 1.82) is 0 Å². The van der Waals surface area contributed by atoms with Crippen LogP contribution in [0.3, 0.4) is 0 Å². The zero-order valence-electron chi connectivity index (χ0n) is 20.0. The first-order valence-electron chi connectivity index (χ1n) is 12.5. The highest BCUT2D eigenvalue weighted by atomic mass is 15.3. The molecule has 0 aromatic rings. The number of hydrogen-bond donors (Lipinski definition) is 1. The van der Waals surface area contributed by atoms with Gasteiger partial charge in [0.1, 0.15) is 0 Å². The van der Waals surface area contributed by atoms with Crippen molar-refractivity contribution in [2.75, 3.05) is 40.3 Å². The Labute approximate surface area is 173 Å². The first kappa shape index (κ1) is 26.9. The number of unbranched alkanes of at least 4 members (excludes halogenated alkanes) is 12. The molecule has 0 aliphatic rings. The predicted octanol–water partition coefficient (Wildman–Crippen LogP) is 7.18. The largest absolute Gasteiger partial charge is 0.329 e. The van der Waals surface area contributed by atoms with Gasteiger partial charge in [0.15, 0.2) is 0 Å². The van der Waals surface area contributed by atoms with Crippen LogP contribution in [0.15, 0.2) is 0 Å². The van der Waals surface area contributed by atoms with Crippen LogP contribution in [0.2, 0.25) is 0 Å². The molecule has 0 amide bonds. The van der Waals surface area contributed by atoms with E-state index in [1.807, 2.05) is 0 Å². The van der Waals surface area contributed by atoms with E-state index in [9.17, 15) is 0 Å². The summed E-state index contributed by atoms with van der Waals surface area (Å²) in [6.45, 7) is 11.9. The van der Waals surface area contributed by atoms with Gasteiger partial charge >= 0.3 is 0 Å². The Morgan fingerprint density at radius 2 is 1.00 bits per heavy atom. The lowest BCUT2D eigenvalue weighted by Crippen LogP contribution is -2.41. The van der Waals surface area contributed by atoms with Crippen LogP contribution in [0.5, 0.6) is 0 Å². The molecule has 164 valence electrons. The van der Waals surface area contributed by atoms with Gasteiger partial charge in [-0.25, -0.2) is 0 Å². The van der Waals surface area contributed by atoms with Gasteiger partial charge < -0.3 is 9.80 Å². The molecular weight excluding hydrogens is 328 g/mol. The van der Waals surface area contributed by atoms with E-state index in [1.54, 1.807) is 0 Å². The van der Waals surface area contributed by atoms with E-state index in [0.29, 0.717) is 0 Å². The molecule has 0 unspecified atom stereocenters. The van der Waals surface area contributed by atoms with Gasteiger partial charge in [0.2, 0.25) is 0 Å². The predicted molar refractivity (Wildman–Crippen MR) is 124 cm³/mol. The van der Waals surface area contributed by atoms with Crippen molar-refractivity contribution in [3.63, 3.8) is 0 Å². The van der Waals surface area contributed by atoms with Crippen LogP contribution >= 0.6 is 0 Å². The average molecular weight is 384 g/mol. The lowest BCUT2D eigenvalue weighted by molar-refractivity contribution is -0.888. The van der Waals surface area contributed by atoms with Crippen molar-refractivity contribution >= 4 is 0 Å². The molecule has 0 rings (SSSR count). The minimum atomic E-state index is 0.892. The van der Waals surface area contributed by atoms with Crippen molar-refractivity contribution < 1.29 is 4.48 Å². The number of nitrogens with one attached hydrogen (secondary N) is 1. The summed E-state index contributed by atoms with van der Waals surface area (Å²) in [6.07, 6.45) is 21.6. The van der Waals surface area contributed by atoms with Gasteiger partial charge in [0.25, 0.3) is 0 Å². The maximum absolute atomic E-state index is 3.62. The second-order valence-corrected chi connectivity index (χ2v) is 9.86. The standard InChI is InChI=1S/C25H55N2/c1-6-27(4,5)24-20-23-26-22-19-17-15-13-11-9-7-8-10-12-14-16-18-21-25(2)3/h25-26H,6-24H2,1-5H3/q+1. The molecule has 0 atom stereocenters. The normalized spacial score (nSPS) is 12.2. The fourth-order valence-electron chi connectivity index (χ4n) is 3.66. The Balaban J connectivity index is 3.07. The average Bonchev–Trinajstić information content (AvgIpc) is 2.63. The summed E-state index contributed by atoms with van der Waals surface area (Å²) in [5.41, 5.74) is 0. The molecule has 0 spiro atoms. The molecule has 0 aromatic carbocycles. The van der Waals surface area contributed by atoms with Crippen molar-refractivity contribution in [3.05, 3.63) is 0 Å². The Kier molecular flexibility index (Phi) is 19.2. The van der Waals surface area contributed by atoms with Gasteiger partial charge in [-0.3, -0.25) is 0 Å². The molecule has 0 saturated heterocycles. The van der Waals surface area contributed by atoms with E-state index in [0.717, 1.165) is 10.4 Å². The second-order valence-electron chi connectivity index (χ2n) is 9.86. The summed E-state index contributed by atoms with van der Waals surface area (Å²) in [7, 11) is 4.66. The SMILES string of the molecule is CC[N+](C)(C)CCCNCCCCCCCCCCCCCCCC(C)C. The Bertz CT molecular complexity index is 286. The van der Waals surface area contributed by atoms with Crippen LogP contribution in [0.4, 0.5) is 0 Å². The van der Waals surface area contributed by atoms with Crippen molar-refractivity contribution in [2.45, 2.75) is 117 Å². The zero-order valence-corrected chi connectivity index (χ0v) is 20.0. The number of quaternary nitrogens is 1. The number of rotatable bonds is 21. The Hall–Kier alpha value is -0.0800. The molecule has 0 fully saturated rings. The van der Waals surface area contributed by atoms with Crippen molar-refractivity contribution in [1.82, 2.24) is 5.32 Å². The highest BCUT2D eigenvalue weighted by molar-refractivity contribution is 4.52. The molecule has 0 aromatic heterocycles. The molecule has 0 bridgehead atoms. The topological polar surface area (TPSA) is 12.0 Å². The summed E-state index contributed by atoms with van der Waals surface area (Å²) in [5.74, 6) is 0.892. The summed E-state index contributed by atoms with van der Waals surface area (Å²) in [4.78, 5) is 0. The fraction of sp³-hybridized carbons (Fsp3) is 1.00. The van der Waals surface area contributed by atoms with Gasteiger partial charge in [-0.2, -0.15) is 0 Å². The van der Waals surface area contributed by atoms with Gasteiger partial charge in [0.05, 0.1) is 27.2 Å². The van der Waals surface area contributed by atoms with Crippen molar-refractivity contribution in [2.24, 2.45) is 5.92 Å². The van der Waals surface area contributed by atoms with Crippen LogP contribution in [-0.4, -0.2) is 44.8 Å². The third kappa shape index (κ3) is 22.1. The summed E-state index contributed by atoms with van der Waals surface area (Å²) < 4.78 is 1.15. The van der Waals surface area contributed by atoms with E-state index >= 15 is 0 Å². The first-order chi connectivity index (χ1) is 13.0. The first-order valence-corrected chi connectivity index (χ1v) is 12.5. The van der Waals surface area contributed by atoms with Crippen LogP contribution in [0.1, 0.15) is 117 Å². The van der Waals surface area contributed by atoms with Crippen LogP contribution < -0.4 is 5.32 Å². The molecule has 0 aliphatic carbocycles. The van der Waals surface area contributed by atoms with E-state index in [2.05, 4.69) is 40.2 Å². The molecule has 2 nitrogen and oxygen atoms in total. The van der Waals surface area contributed by atoms with Crippen LogP contribution in [0.25, 0.3) is 0 Å². The monoisotopic (exact) mass is 383 g/mol. The van der Waals surface area contributed by atoms with Crippen LogP contribution in [0, 0.1) is 5.92 Å². The number of nitrogens with zero attached hydrogens (tertiary/aromatic N) is 1. The highest BCUT2D eigenvalue weighted by Crippen LogP contribution is 2.14. The van der Waals surface area contributed by atoms with Crippen LogP contribution in [-0.2, 0) is 0 Å². The molecule has 0 aliphatic heterocycles. The molecular formula is C25H55N2+. The maximum atomic E-state index is 3.62. The summed E-state index contributed by atoms with van der Waals surface area (Å²) in [5, 5.41) is 3.62. The molecule has 0 heterocycles. The van der Waals surface area contributed by atoms with Crippen molar-refractivity contribution in [3.8, 4) is 0 Å². The van der Waals surface area contributed by atoms with Gasteiger partial charge in [-0.1, -0.05) is 97.3 Å². The minimum Gasteiger partial charge on any atom is -0.329 e. The van der Waals surface area contributed by atoms with E-state index in [1.165, 1.54) is 122 Å². The smallest absolute Gasteiger partial charge is 0.0794 e. The van der Waals surface area contributed by atoms with E-state index in [4.69, 9.17) is 0 Å². The lowest BCUT2D eigenvalue weighted by Gasteiger charge is -2.28. The van der Waals surface area contributed by atoms with E-state index < -0.39 is 0 Å². The lowest BCUT2D eigenvalue weighted by atomic mass is 10.0. The molecule has 2 heteroatoms. The Morgan fingerprint density at radius 3 is 1.44 bits per heavy atom. The summed E-state index contributed by atoms with van der Waals surface area (Å²) >= 11 is 0. The van der Waals surface area contributed by atoms with Gasteiger partial charge in [-0.15, -0.1) is 0 Å². The number of hydrogen-bond acceptors (Lipinski definition) is 1. The second kappa shape index (κ2) is 19.2. The fourth-order valence-corrected chi connectivity index (χ4v) is 3.66. The van der Waals surface area contributed by atoms with Gasteiger partial charge in [-0.05, 0) is 25.8 Å². The molecule has 27 heavy (non-hydrogen) atoms. The Morgan fingerprint density at radius 1 is 0.593 bits per heavy atom. The van der Waals surface area contributed by atoms with Gasteiger partial charge in [0, 0.05) is 13.0 Å². The zero-order chi connectivity index (χ0) is 20.2. The quantitative estimate of drug-likeness (QED) is 0.163. The maximum Gasteiger partial charge on any atom is 0.0794 e. The third-order valence-electron chi connectivity index (χ3n) is 6.11. The summed E-state index contributed by atoms with van der Waals surface area (Å²) in [6, 6.07) is 0. The molecule has 0 radical (unpaired) electrons. The molecule has 0 saturated carbocycles.